The second-order valence-electron chi connectivity index (χ2n) is 16.9. The topological polar surface area (TPSA) is 21.3 Å². The molecule has 2 heterocycles. The highest BCUT2D eigenvalue weighted by molar-refractivity contribution is 6.15. The van der Waals surface area contributed by atoms with E-state index in [2.05, 4.69) is 240 Å². The summed E-state index contributed by atoms with van der Waals surface area (Å²) in [6, 6.07) is 87.8. The highest BCUT2D eigenvalue weighted by Crippen LogP contribution is 2.44. The second kappa shape index (κ2) is 15.0. The molecule has 0 saturated carbocycles. The van der Waals surface area contributed by atoms with Crippen molar-refractivity contribution in [1.29, 1.82) is 0 Å². The minimum absolute atomic E-state index is 0.903. The molecule has 2 aromatic heterocycles. The van der Waals surface area contributed by atoms with Gasteiger partial charge in [-0.1, -0.05) is 170 Å². The lowest BCUT2D eigenvalue weighted by molar-refractivity contribution is 0.669. The average molecular weight is 829 g/mol. The number of fused-ring (bicyclic) bond motifs is 9. The molecule has 0 unspecified atom stereocenters. The van der Waals surface area contributed by atoms with Crippen molar-refractivity contribution in [2.24, 2.45) is 0 Å². The van der Waals surface area contributed by atoms with E-state index >= 15 is 0 Å². The van der Waals surface area contributed by atoms with Gasteiger partial charge in [-0.15, -0.1) is 0 Å². The van der Waals surface area contributed by atoms with Crippen molar-refractivity contribution in [3.05, 3.63) is 243 Å². The van der Waals surface area contributed by atoms with Gasteiger partial charge in [-0.25, -0.2) is 0 Å². The normalized spacial score (nSPS) is 11.7. The number of rotatable bonds is 7. The van der Waals surface area contributed by atoms with Gasteiger partial charge in [0.05, 0.1) is 16.7 Å². The van der Waals surface area contributed by atoms with Gasteiger partial charge in [0.15, 0.2) is 0 Å². The Morgan fingerprint density at radius 1 is 0.323 bits per heavy atom. The summed E-state index contributed by atoms with van der Waals surface area (Å²) in [5.74, 6) is 0. The van der Waals surface area contributed by atoms with E-state index in [0.717, 1.165) is 66.9 Å². The second-order valence-corrected chi connectivity index (χ2v) is 16.9. The molecule has 0 bridgehead atoms. The molecule has 0 atom stereocenters. The van der Waals surface area contributed by atoms with Crippen molar-refractivity contribution < 1.29 is 4.42 Å². The molecule has 0 aliphatic heterocycles. The Labute approximate surface area is 376 Å². The van der Waals surface area contributed by atoms with Crippen molar-refractivity contribution in [1.82, 2.24) is 4.57 Å². The van der Waals surface area contributed by atoms with Crippen LogP contribution in [-0.2, 0) is 0 Å². The molecule has 0 spiro atoms. The largest absolute Gasteiger partial charge is 0.456 e. The molecular formula is C62H40N2O. The first-order valence-corrected chi connectivity index (χ1v) is 22.2. The number of hydrogen-bond donors (Lipinski definition) is 0. The van der Waals surface area contributed by atoms with Gasteiger partial charge in [-0.3, -0.25) is 0 Å². The maximum atomic E-state index is 6.26. The Bertz CT molecular complexity index is 3900. The lowest BCUT2D eigenvalue weighted by Crippen LogP contribution is -2.10. The van der Waals surface area contributed by atoms with Crippen LogP contribution in [0.2, 0.25) is 0 Å². The summed E-state index contributed by atoms with van der Waals surface area (Å²) < 4.78 is 8.64. The zero-order valence-corrected chi connectivity index (χ0v) is 35.4. The fourth-order valence-electron chi connectivity index (χ4n) is 10.2. The molecule has 3 heteroatoms. The summed E-state index contributed by atoms with van der Waals surface area (Å²) in [5.41, 5.74) is 15.6. The number of aromatic nitrogens is 1. The molecule has 0 aliphatic rings. The van der Waals surface area contributed by atoms with Gasteiger partial charge in [-0.05, 0) is 122 Å². The smallest absolute Gasteiger partial charge is 0.136 e. The van der Waals surface area contributed by atoms with Crippen molar-refractivity contribution in [3.8, 4) is 39.1 Å². The van der Waals surface area contributed by atoms with Gasteiger partial charge in [0.2, 0.25) is 0 Å². The summed E-state index contributed by atoms with van der Waals surface area (Å²) >= 11 is 0. The van der Waals surface area contributed by atoms with Crippen LogP contribution in [0.5, 0.6) is 0 Å². The number of benzene rings is 11. The zero-order valence-electron chi connectivity index (χ0n) is 35.4. The number of hydrogen-bond acceptors (Lipinski definition) is 2. The highest BCUT2D eigenvalue weighted by atomic mass is 16.3. The third-order valence-corrected chi connectivity index (χ3v) is 13.2. The Kier molecular flexibility index (Phi) is 8.53. The molecule has 0 saturated heterocycles. The summed E-state index contributed by atoms with van der Waals surface area (Å²) in [7, 11) is 0. The molecule has 3 nitrogen and oxygen atoms in total. The SMILES string of the molecule is c1cc(-c2ccc(N(c3ccc(-c4cccc(-n5c6ccccc6c6ccccc65)c4)cc3)c3cc4ccccc4c4ccccc34)cc2)cc(-c2cccc3oc4ccccc4c23)c1. The van der Waals surface area contributed by atoms with Crippen LogP contribution in [-0.4, -0.2) is 4.57 Å². The first-order valence-electron chi connectivity index (χ1n) is 22.2. The van der Waals surface area contributed by atoms with E-state index in [1.807, 2.05) is 12.1 Å². The summed E-state index contributed by atoms with van der Waals surface area (Å²) in [6.07, 6.45) is 0. The van der Waals surface area contributed by atoms with E-state index in [-0.39, 0.29) is 0 Å². The quantitative estimate of drug-likeness (QED) is 0.149. The van der Waals surface area contributed by atoms with Crippen LogP contribution >= 0.6 is 0 Å². The van der Waals surface area contributed by atoms with Crippen LogP contribution in [0.1, 0.15) is 0 Å². The molecule has 11 aromatic carbocycles. The minimum Gasteiger partial charge on any atom is -0.456 e. The Morgan fingerprint density at radius 2 is 0.846 bits per heavy atom. The minimum atomic E-state index is 0.903. The van der Waals surface area contributed by atoms with E-state index in [9.17, 15) is 0 Å². The van der Waals surface area contributed by atoms with Gasteiger partial charge in [-0.2, -0.15) is 0 Å². The molecule has 304 valence electrons. The lowest BCUT2D eigenvalue weighted by atomic mass is 9.95. The number of anilines is 3. The molecule has 13 aromatic rings. The van der Waals surface area contributed by atoms with Crippen molar-refractivity contribution in [3.63, 3.8) is 0 Å². The van der Waals surface area contributed by atoms with Gasteiger partial charge in [0, 0.05) is 44.0 Å². The standard InChI is InChI=1S/C62H40N2O/c1-2-19-50-46(14-1)40-59(53-21-4-3-20-52(50)53)63(47-34-30-41(31-35-47)43-15-11-17-45(38-43)51-25-13-29-61-62(51)56-24-7-10-28-60(56)65-61)48-36-32-42(33-37-48)44-16-12-18-49(39-44)64-57-26-8-5-22-54(57)55-23-6-9-27-58(55)64/h1-40H. The van der Waals surface area contributed by atoms with Crippen LogP contribution in [0.4, 0.5) is 17.1 Å². The monoisotopic (exact) mass is 828 g/mol. The summed E-state index contributed by atoms with van der Waals surface area (Å²) in [5, 5.41) is 9.70. The molecule has 13 rings (SSSR count). The maximum absolute atomic E-state index is 6.26. The molecule has 0 N–H and O–H groups in total. The highest BCUT2D eigenvalue weighted by Gasteiger charge is 2.19. The van der Waals surface area contributed by atoms with Crippen molar-refractivity contribution in [2.45, 2.75) is 0 Å². The zero-order chi connectivity index (χ0) is 42.8. The fraction of sp³-hybridized carbons (Fsp3) is 0. The Morgan fingerprint density at radius 3 is 1.55 bits per heavy atom. The lowest BCUT2D eigenvalue weighted by Gasteiger charge is -2.28. The van der Waals surface area contributed by atoms with Crippen LogP contribution in [0.3, 0.4) is 0 Å². The van der Waals surface area contributed by atoms with Crippen LogP contribution < -0.4 is 4.90 Å². The summed E-state index contributed by atoms with van der Waals surface area (Å²) in [6.45, 7) is 0. The van der Waals surface area contributed by atoms with E-state index in [4.69, 9.17) is 4.42 Å². The number of nitrogens with zero attached hydrogens (tertiary/aromatic N) is 2. The molecule has 0 aliphatic carbocycles. The number of para-hydroxylation sites is 3. The van der Waals surface area contributed by atoms with Gasteiger partial charge in [0.1, 0.15) is 11.2 Å². The third kappa shape index (κ3) is 6.12. The first kappa shape index (κ1) is 36.9. The number of furan rings is 1. The molecule has 65 heavy (non-hydrogen) atoms. The third-order valence-electron chi connectivity index (χ3n) is 13.2. The van der Waals surface area contributed by atoms with E-state index in [0.29, 0.717) is 0 Å². The van der Waals surface area contributed by atoms with Crippen LogP contribution in [0.15, 0.2) is 247 Å². The Hall–Kier alpha value is -8.66. The predicted octanol–water partition coefficient (Wildman–Crippen LogP) is 17.5. The first-order chi connectivity index (χ1) is 32.2. The van der Waals surface area contributed by atoms with Crippen molar-refractivity contribution >= 4 is 82.4 Å². The van der Waals surface area contributed by atoms with E-state index in [1.54, 1.807) is 0 Å². The van der Waals surface area contributed by atoms with Gasteiger partial charge in [0.25, 0.3) is 0 Å². The van der Waals surface area contributed by atoms with Gasteiger partial charge < -0.3 is 13.9 Å². The molecule has 0 radical (unpaired) electrons. The van der Waals surface area contributed by atoms with E-state index in [1.165, 1.54) is 54.5 Å². The predicted molar refractivity (Wildman–Crippen MR) is 274 cm³/mol. The maximum Gasteiger partial charge on any atom is 0.136 e. The molecule has 0 amide bonds. The molecular weight excluding hydrogens is 789 g/mol. The van der Waals surface area contributed by atoms with Crippen LogP contribution in [0.25, 0.3) is 104 Å². The average Bonchev–Trinajstić information content (AvgIpc) is 3.93. The Balaban J connectivity index is 0.908. The van der Waals surface area contributed by atoms with E-state index < -0.39 is 0 Å². The summed E-state index contributed by atoms with van der Waals surface area (Å²) in [4.78, 5) is 2.41. The molecule has 0 fully saturated rings. The fourth-order valence-corrected chi connectivity index (χ4v) is 10.2. The van der Waals surface area contributed by atoms with Crippen LogP contribution in [0, 0.1) is 0 Å². The van der Waals surface area contributed by atoms with Crippen molar-refractivity contribution in [2.75, 3.05) is 4.90 Å². The van der Waals surface area contributed by atoms with Gasteiger partial charge >= 0.3 is 0 Å².